The molecule has 1 aliphatic heterocycles. The Morgan fingerprint density at radius 3 is 2.15 bits per heavy atom. The summed E-state index contributed by atoms with van der Waals surface area (Å²) in [6.07, 6.45) is 10.7. The van der Waals surface area contributed by atoms with Gasteiger partial charge in [0.2, 0.25) is 0 Å². The number of allylic oxidation sites excluding steroid dienone is 2. The topological polar surface area (TPSA) is 24.9 Å². The van der Waals surface area contributed by atoms with Gasteiger partial charge in [-0.25, -0.2) is 0 Å². The summed E-state index contributed by atoms with van der Waals surface area (Å²) >= 11 is 11.3. The predicted octanol–water partition coefficient (Wildman–Crippen LogP) is 4.82. The van der Waals surface area contributed by atoms with Gasteiger partial charge in [-0.1, -0.05) is 35.4 Å². The van der Waals surface area contributed by atoms with Crippen LogP contribution in [0.2, 0.25) is 10.0 Å². The van der Waals surface area contributed by atoms with Crippen LogP contribution in [0.3, 0.4) is 0 Å². The highest BCUT2D eigenvalue weighted by Crippen LogP contribution is 2.33. The summed E-state index contributed by atoms with van der Waals surface area (Å²) in [6.45, 7) is 11.7. The van der Waals surface area contributed by atoms with Crippen molar-refractivity contribution in [2.75, 3.05) is 13.1 Å². The fourth-order valence-corrected chi connectivity index (χ4v) is 2.68. The van der Waals surface area contributed by atoms with Crippen LogP contribution >= 0.6 is 23.2 Å². The minimum atomic E-state index is 0.448. The van der Waals surface area contributed by atoms with Crippen LogP contribution in [0.1, 0.15) is 24.8 Å². The van der Waals surface area contributed by atoms with Gasteiger partial charge in [-0.3, -0.25) is 4.98 Å². The minimum absolute atomic E-state index is 0.448. The quantitative estimate of drug-likeness (QED) is 0.807. The molecule has 2 nitrogen and oxygen atoms in total. The van der Waals surface area contributed by atoms with Crippen LogP contribution < -0.4 is 5.32 Å². The molecular weight excluding hydrogens is 291 g/mol. The zero-order valence-corrected chi connectivity index (χ0v) is 13.5. The molecule has 0 bridgehead atoms. The lowest BCUT2D eigenvalue weighted by molar-refractivity contribution is 0.332. The number of pyridine rings is 1. The Balaban J connectivity index is 0.000000204. The van der Waals surface area contributed by atoms with Crippen molar-refractivity contribution in [2.24, 2.45) is 5.41 Å². The highest BCUT2D eigenvalue weighted by molar-refractivity contribution is 6.35. The van der Waals surface area contributed by atoms with E-state index in [1.54, 1.807) is 12.4 Å². The Bertz CT molecular complexity index is 420. The first-order valence-electron chi connectivity index (χ1n) is 6.73. The van der Waals surface area contributed by atoms with Crippen LogP contribution in [0.15, 0.2) is 37.7 Å². The summed E-state index contributed by atoms with van der Waals surface area (Å²) < 4.78 is 0. The van der Waals surface area contributed by atoms with Gasteiger partial charge in [0.05, 0.1) is 10.0 Å². The zero-order chi connectivity index (χ0) is 15.0. The molecular formula is C16H22Cl2N2. The van der Waals surface area contributed by atoms with E-state index in [4.69, 9.17) is 23.2 Å². The average Bonchev–Trinajstić information content (AvgIpc) is 2.86. The first kappa shape index (κ1) is 17.2. The number of aromatic nitrogens is 1. The highest BCUT2D eigenvalue weighted by Gasteiger charge is 2.30. The average molecular weight is 313 g/mol. The van der Waals surface area contributed by atoms with Crippen molar-refractivity contribution in [3.05, 3.63) is 53.3 Å². The van der Waals surface area contributed by atoms with Crippen molar-refractivity contribution in [1.29, 1.82) is 0 Å². The summed E-state index contributed by atoms with van der Waals surface area (Å²) in [4.78, 5) is 3.78. The molecule has 1 N–H and O–H groups in total. The second kappa shape index (κ2) is 8.46. The van der Waals surface area contributed by atoms with E-state index in [1.807, 2.05) is 19.1 Å². The summed E-state index contributed by atoms with van der Waals surface area (Å²) in [5, 5.41) is 4.61. The third kappa shape index (κ3) is 4.93. The maximum Gasteiger partial charge on any atom is 0.0633 e. The molecule has 0 amide bonds. The Morgan fingerprint density at radius 2 is 1.80 bits per heavy atom. The third-order valence-corrected chi connectivity index (χ3v) is 4.34. The number of rotatable bonds is 4. The number of hydrogen-bond acceptors (Lipinski definition) is 2. The maximum absolute atomic E-state index is 5.67. The molecule has 20 heavy (non-hydrogen) atoms. The Kier molecular flexibility index (Phi) is 7.28. The van der Waals surface area contributed by atoms with Gasteiger partial charge in [-0.15, -0.1) is 13.2 Å². The van der Waals surface area contributed by atoms with E-state index in [0.29, 0.717) is 15.5 Å². The molecule has 0 aromatic carbocycles. The molecule has 1 aromatic rings. The van der Waals surface area contributed by atoms with Crippen molar-refractivity contribution >= 4 is 23.2 Å². The zero-order valence-electron chi connectivity index (χ0n) is 12.0. The van der Waals surface area contributed by atoms with E-state index in [1.165, 1.54) is 6.42 Å². The van der Waals surface area contributed by atoms with Gasteiger partial charge in [-0.2, -0.15) is 0 Å². The van der Waals surface area contributed by atoms with Gasteiger partial charge < -0.3 is 5.32 Å². The highest BCUT2D eigenvalue weighted by atomic mass is 35.5. The molecule has 0 radical (unpaired) electrons. The molecule has 1 fully saturated rings. The van der Waals surface area contributed by atoms with Gasteiger partial charge in [0.1, 0.15) is 0 Å². The van der Waals surface area contributed by atoms with Crippen LogP contribution in [-0.4, -0.2) is 18.1 Å². The van der Waals surface area contributed by atoms with Crippen molar-refractivity contribution in [1.82, 2.24) is 10.3 Å². The summed E-state index contributed by atoms with van der Waals surface area (Å²) in [6, 6.07) is 0. The SMILES string of the molecule is C=CCC1(CC=C)CCNC1.Cc1c(Cl)cncc1Cl. The Morgan fingerprint density at radius 1 is 1.25 bits per heavy atom. The van der Waals surface area contributed by atoms with E-state index in [9.17, 15) is 0 Å². The number of hydrogen-bond donors (Lipinski definition) is 1. The molecule has 2 heterocycles. The summed E-state index contributed by atoms with van der Waals surface area (Å²) in [7, 11) is 0. The second-order valence-electron chi connectivity index (χ2n) is 5.14. The van der Waals surface area contributed by atoms with Gasteiger partial charge in [0, 0.05) is 18.9 Å². The molecule has 0 atom stereocenters. The summed E-state index contributed by atoms with van der Waals surface area (Å²) in [5.41, 5.74) is 1.33. The van der Waals surface area contributed by atoms with Crippen molar-refractivity contribution < 1.29 is 0 Å². The molecule has 1 saturated heterocycles. The molecule has 0 aliphatic carbocycles. The van der Waals surface area contributed by atoms with Crippen LogP contribution in [0.25, 0.3) is 0 Å². The largest absolute Gasteiger partial charge is 0.316 e. The molecule has 0 saturated carbocycles. The smallest absolute Gasteiger partial charge is 0.0633 e. The van der Waals surface area contributed by atoms with E-state index in [-0.39, 0.29) is 0 Å². The first-order valence-corrected chi connectivity index (χ1v) is 7.48. The van der Waals surface area contributed by atoms with Crippen molar-refractivity contribution in [3.8, 4) is 0 Å². The van der Waals surface area contributed by atoms with Crippen molar-refractivity contribution in [2.45, 2.75) is 26.2 Å². The Hall–Kier alpha value is -0.830. The van der Waals surface area contributed by atoms with Crippen LogP contribution in [0.5, 0.6) is 0 Å². The van der Waals surface area contributed by atoms with Crippen molar-refractivity contribution in [3.63, 3.8) is 0 Å². The third-order valence-electron chi connectivity index (χ3n) is 3.58. The second-order valence-corrected chi connectivity index (χ2v) is 5.95. The van der Waals surface area contributed by atoms with Gasteiger partial charge >= 0.3 is 0 Å². The maximum atomic E-state index is 5.67. The van der Waals surface area contributed by atoms with E-state index in [2.05, 4.69) is 23.5 Å². The molecule has 0 spiro atoms. The van der Waals surface area contributed by atoms with Crippen LogP contribution in [-0.2, 0) is 0 Å². The van der Waals surface area contributed by atoms with Crippen LogP contribution in [0, 0.1) is 12.3 Å². The lowest BCUT2D eigenvalue weighted by Gasteiger charge is -2.24. The number of halogens is 2. The minimum Gasteiger partial charge on any atom is -0.316 e. The molecule has 1 aliphatic rings. The van der Waals surface area contributed by atoms with Gasteiger partial charge in [0.15, 0.2) is 0 Å². The monoisotopic (exact) mass is 312 g/mol. The fourth-order valence-electron chi connectivity index (χ4n) is 2.32. The van der Waals surface area contributed by atoms with E-state index in [0.717, 1.165) is 31.5 Å². The van der Waals surface area contributed by atoms with E-state index >= 15 is 0 Å². The number of nitrogens with zero attached hydrogens (tertiary/aromatic N) is 1. The lowest BCUT2D eigenvalue weighted by Crippen LogP contribution is -2.22. The molecule has 110 valence electrons. The van der Waals surface area contributed by atoms with Gasteiger partial charge in [0.25, 0.3) is 0 Å². The molecule has 2 rings (SSSR count). The summed E-state index contributed by atoms with van der Waals surface area (Å²) in [5.74, 6) is 0. The molecule has 0 unspecified atom stereocenters. The standard InChI is InChI=1S/C10H17N.C6H5Cl2N/c1-3-5-10(6-4-2)7-8-11-9-10;1-4-5(7)2-9-3-6(4)8/h3-4,11H,1-2,5-9H2;2-3H,1H3. The van der Waals surface area contributed by atoms with E-state index < -0.39 is 0 Å². The number of nitrogens with one attached hydrogen (secondary N) is 1. The normalized spacial score (nSPS) is 16.1. The lowest BCUT2D eigenvalue weighted by atomic mass is 9.80. The molecule has 4 heteroatoms. The Labute approximate surface area is 131 Å². The molecule has 1 aromatic heterocycles. The van der Waals surface area contributed by atoms with Crippen LogP contribution in [0.4, 0.5) is 0 Å². The fraction of sp³-hybridized carbons (Fsp3) is 0.438. The first-order chi connectivity index (χ1) is 9.54. The predicted molar refractivity (Wildman–Crippen MR) is 88.5 cm³/mol. The van der Waals surface area contributed by atoms with Gasteiger partial charge in [-0.05, 0) is 43.7 Å².